The van der Waals surface area contributed by atoms with E-state index in [1.165, 1.54) is 5.56 Å². The van der Waals surface area contributed by atoms with Crippen molar-refractivity contribution in [2.75, 3.05) is 17.7 Å². The van der Waals surface area contributed by atoms with E-state index in [0.29, 0.717) is 11.3 Å². The fourth-order valence-electron chi connectivity index (χ4n) is 3.18. The van der Waals surface area contributed by atoms with E-state index < -0.39 is 0 Å². The average Bonchev–Trinajstić information content (AvgIpc) is 2.69. The predicted molar refractivity (Wildman–Crippen MR) is 91.1 cm³/mol. The number of nitrogens with two attached hydrogens (primary N) is 1. The Morgan fingerprint density at radius 3 is 2.41 bits per heavy atom. The van der Waals surface area contributed by atoms with E-state index in [9.17, 15) is 4.79 Å². The van der Waals surface area contributed by atoms with Gasteiger partial charge in [-0.2, -0.15) is 0 Å². The first kappa shape index (κ1) is 14.4. The Labute approximate surface area is 131 Å². The minimum atomic E-state index is -0.204. The van der Waals surface area contributed by atoms with Crippen LogP contribution >= 0.6 is 0 Å². The van der Waals surface area contributed by atoms with E-state index in [1.54, 1.807) is 18.2 Å². The van der Waals surface area contributed by atoms with E-state index in [2.05, 4.69) is 30.9 Å². The molecular formula is C19H20N2O. The number of para-hydroxylation sites is 2. The van der Waals surface area contributed by atoms with Crippen molar-refractivity contribution in [3.63, 3.8) is 0 Å². The molecule has 0 aromatic heterocycles. The lowest BCUT2D eigenvalue weighted by Crippen LogP contribution is -2.24. The summed E-state index contributed by atoms with van der Waals surface area (Å²) in [5, 5.41) is 0. The Balaban J connectivity index is 2.06. The van der Waals surface area contributed by atoms with Gasteiger partial charge in [-0.05, 0) is 23.8 Å². The van der Waals surface area contributed by atoms with Crippen LogP contribution in [-0.2, 0) is 5.41 Å². The van der Waals surface area contributed by atoms with Gasteiger partial charge in [-0.3, -0.25) is 4.79 Å². The molecule has 0 bridgehead atoms. The van der Waals surface area contributed by atoms with E-state index in [4.69, 9.17) is 5.73 Å². The van der Waals surface area contributed by atoms with Crippen LogP contribution in [0, 0.1) is 0 Å². The number of hydrogen-bond acceptors (Lipinski definition) is 3. The van der Waals surface area contributed by atoms with Crippen LogP contribution in [0.3, 0.4) is 0 Å². The lowest BCUT2D eigenvalue weighted by molar-refractivity contribution is 0.104. The Bertz CT molecular complexity index is 775. The largest absolute Gasteiger partial charge is 0.398 e. The molecule has 0 saturated heterocycles. The number of fused-ring (bicyclic) bond motifs is 1. The number of carbonyl (C=O) groups excluding carboxylic acids is 1. The second-order valence-corrected chi connectivity index (χ2v) is 6.18. The molecule has 0 saturated carbocycles. The first-order chi connectivity index (χ1) is 10.4. The predicted octanol–water partition coefficient (Wildman–Crippen LogP) is 3.76. The van der Waals surface area contributed by atoms with Crippen LogP contribution in [0.4, 0.5) is 11.4 Å². The molecule has 1 aliphatic rings. The number of anilines is 2. The number of nitrogen functional groups attached to an aromatic ring is 1. The van der Waals surface area contributed by atoms with Crippen LogP contribution in [0.15, 0.2) is 60.3 Å². The number of allylic oxidation sites excluding steroid dienone is 2. The highest BCUT2D eigenvalue weighted by Crippen LogP contribution is 2.46. The molecule has 22 heavy (non-hydrogen) atoms. The van der Waals surface area contributed by atoms with Crippen molar-refractivity contribution >= 4 is 17.2 Å². The Morgan fingerprint density at radius 2 is 1.73 bits per heavy atom. The molecule has 3 rings (SSSR count). The van der Waals surface area contributed by atoms with Gasteiger partial charge in [0.2, 0.25) is 0 Å². The number of nitrogens with zero attached hydrogens (tertiary/aromatic N) is 1. The molecule has 1 aliphatic heterocycles. The summed E-state index contributed by atoms with van der Waals surface area (Å²) in [6, 6.07) is 15.4. The van der Waals surface area contributed by atoms with Gasteiger partial charge >= 0.3 is 0 Å². The number of ketones is 1. The zero-order valence-corrected chi connectivity index (χ0v) is 13.1. The summed E-state index contributed by atoms with van der Waals surface area (Å²) >= 11 is 0. The third-order valence-corrected chi connectivity index (χ3v) is 4.43. The summed E-state index contributed by atoms with van der Waals surface area (Å²) < 4.78 is 0. The third-order valence-electron chi connectivity index (χ3n) is 4.43. The molecule has 0 fully saturated rings. The minimum absolute atomic E-state index is 0.0548. The summed E-state index contributed by atoms with van der Waals surface area (Å²) in [6.07, 6.45) is 1.71. The Kier molecular flexibility index (Phi) is 3.28. The fourth-order valence-corrected chi connectivity index (χ4v) is 3.18. The first-order valence-corrected chi connectivity index (χ1v) is 7.37. The molecule has 0 atom stereocenters. The van der Waals surface area contributed by atoms with E-state index >= 15 is 0 Å². The van der Waals surface area contributed by atoms with E-state index in [0.717, 1.165) is 11.4 Å². The standard InChI is InChI=1S/C19H20N2O/c1-19(2)14-9-5-7-11-16(14)21(3)18(19)12-17(22)13-8-4-6-10-15(13)20/h4-12H,20H2,1-3H3/b18-12-. The molecule has 0 aliphatic carbocycles. The molecule has 2 aromatic carbocycles. The minimum Gasteiger partial charge on any atom is -0.398 e. The molecule has 0 amide bonds. The van der Waals surface area contributed by atoms with Crippen LogP contribution in [0.2, 0.25) is 0 Å². The summed E-state index contributed by atoms with van der Waals surface area (Å²) in [4.78, 5) is 14.7. The normalized spacial score (nSPS) is 17.6. The van der Waals surface area contributed by atoms with Crippen LogP contribution in [0.1, 0.15) is 29.8 Å². The van der Waals surface area contributed by atoms with Crippen molar-refractivity contribution in [3.8, 4) is 0 Å². The monoisotopic (exact) mass is 292 g/mol. The van der Waals surface area contributed by atoms with Gasteiger partial charge in [0, 0.05) is 41.2 Å². The molecule has 0 spiro atoms. The number of carbonyl (C=O) groups is 1. The van der Waals surface area contributed by atoms with Crippen LogP contribution in [-0.4, -0.2) is 12.8 Å². The number of likely N-dealkylation sites (N-methyl/N-ethyl adjacent to an activating group) is 1. The lowest BCUT2D eigenvalue weighted by atomic mass is 9.83. The molecule has 112 valence electrons. The number of hydrogen-bond donors (Lipinski definition) is 1. The van der Waals surface area contributed by atoms with Gasteiger partial charge in [-0.15, -0.1) is 0 Å². The lowest BCUT2D eigenvalue weighted by Gasteiger charge is -2.24. The van der Waals surface area contributed by atoms with Crippen LogP contribution < -0.4 is 10.6 Å². The maximum absolute atomic E-state index is 12.6. The van der Waals surface area contributed by atoms with Gasteiger partial charge in [-0.25, -0.2) is 0 Å². The zero-order valence-electron chi connectivity index (χ0n) is 13.1. The van der Waals surface area contributed by atoms with E-state index in [-0.39, 0.29) is 11.2 Å². The first-order valence-electron chi connectivity index (χ1n) is 7.37. The smallest absolute Gasteiger partial charge is 0.189 e. The number of benzene rings is 2. The molecule has 0 unspecified atom stereocenters. The average molecular weight is 292 g/mol. The Hall–Kier alpha value is -2.55. The van der Waals surface area contributed by atoms with Gasteiger partial charge in [0.15, 0.2) is 5.78 Å². The summed E-state index contributed by atoms with van der Waals surface area (Å²) in [7, 11) is 2.00. The molecule has 0 radical (unpaired) electrons. The molecular weight excluding hydrogens is 272 g/mol. The highest BCUT2D eigenvalue weighted by Gasteiger charge is 2.38. The summed E-state index contributed by atoms with van der Waals surface area (Å²) in [5.74, 6) is -0.0548. The Morgan fingerprint density at radius 1 is 1.09 bits per heavy atom. The van der Waals surface area contributed by atoms with Gasteiger partial charge < -0.3 is 10.6 Å². The second kappa shape index (κ2) is 5.02. The van der Waals surface area contributed by atoms with Crippen LogP contribution in [0.25, 0.3) is 0 Å². The van der Waals surface area contributed by atoms with Crippen molar-refractivity contribution in [1.82, 2.24) is 0 Å². The van der Waals surface area contributed by atoms with E-state index in [1.807, 2.05) is 31.3 Å². The quantitative estimate of drug-likeness (QED) is 0.521. The van der Waals surface area contributed by atoms with Crippen molar-refractivity contribution in [2.45, 2.75) is 19.3 Å². The number of rotatable bonds is 2. The highest BCUT2D eigenvalue weighted by molar-refractivity contribution is 6.09. The fraction of sp³-hybridized carbons (Fsp3) is 0.211. The SMILES string of the molecule is CN1/C(=C\C(=O)c2ccccc2N)C(C)(C)c2ccccc21. The third kappa shape index (κ3) is 2.10. The summed E-state index contributed by atoms with van der Waals surface area (Å²) in [6.45, 7) is 4.28. The van der Waals surface area contributed by atoms with Crippen LogP contribution in [0.5, 0.6) is 0 Å². The van der Waals surface area contributed by atoms with Gasteiger partial charge in [0.25, 0.3) is 0 Å². The maximum atomic E-state index is 12.6. The second-order valence-electron chi connectivity index (χ2n) is 6.18. The van der Waals surface area contributed by atoms with Crippen molar-refractivity contribution in [3.05, 3.63) is 71.4 Å². The van der Waals surface area contributed by atoms with Crippen molar-refractivity contribution < 1.29 is 4.79 Å². The maximum Gasteiger partial charge on any atom is 0.189 e. The summed E-state index contributed by atoms with van der Waals surface area (Å²) in [5.41, 5.74) is 10.1. The zero-order chi connectivity index (χ0) is 15.9. The van der Waals surface area contributed by atoms with Gasteiger partial charge in [-0.1, -0.05) is 44.2 Å². The molecule has 2 aromatic rings. The van der Waals surface area contributed by atoms with Gasteiger partial charge in [0.1, 0.15) is 0 Å². The highest BCUT2D eigenvalue weighted by atomic mass is 16.1. The van der Waals surface area contributed by atoms with Crippen molar-refractivity contribution in [1.29, 1.82) is 0 Å². The van der Waals surface area contributed by atoms with Gasteiger partial charge in [0.05, 0.1) is 0 Å². The van der Waals surface area contributed by atoms with Crippen molar-refractivity contribution in [2.24, 2.45) is 0 Å². The molecule has 3 nitrogen and oxygen atoms in total. The topological polar surface area (TPSA) is 46.3 Å². The molecule has 3 heteroatoms. The molecule has 2 N–H and O–H groups in total. The molecule has 1 heterocycles.